The number of aromatic nitrogens is 1. The van der Waals surface area contributed by atoms with Crippen LogP contribution in [0.5, 0.6) is 0 Å². The number of nitrogens with two attached hydrogens (primary N) is 1. The molecule has 3 nitrogen and oxygen atoms in total. The summed E-state index contributed by atoms with van der Waals surface area (Å²) in [6.07, 6.45) is 5.58. The van der Waals surface area contributed by atoms with Gasteiger partial charge in [0.1, 0.15) is 0 Å². The van der Waals surface area contributed by atoms with Crippen LogP contribution in [0.1, 0.15) is 44.3 Å². The Morgan fingerprint density at radius 2 is 2.25 bits per heavy atom. The van der Waals surface area contributed by atoms with Gasteiger partial charge in [-0.2, -0.15) is 0 Å². The lowest BCUT2D eigenvalue weighted by Crippen LogP contribution is -2.24. The highest BCUT2D eigenvalue weighted by molar-refractivity contribution is 7.13. The molecule has 0 amide bonds. The van der Waals surface area contributed by atoms with Gasteiger partial charge in [0.05, 0.1) is 5.69 Å². The van der Waals surface area contributed by atoms with Crippen molar-refractivity contribution < 1.29 is 0 Å². The second-order valence-corrected chi connectivity index (χ2v) is 5.71. The van der Waals surface area contributed by atoms with E-state index < -0.39 is 0 Å². The van der Waals surface area contributed by atoms with Crippen LogP contribution in [-0.2, 0) is 0 Å². The Bertz CT molecular complexity index is 329. The molecule has 1 unspecified atom stereocenters. The molecule has 1 aliphatic rings. The van der Waals surface area contributed by atoms with Crippen molar-refractivity contribution in [2.24, 2.45) is 11.7 Å². The topological polar surface area (TPSA) is 42.1 Å². The molecule has 1 atom stereocenters. The molecule has 2 N–H and O–H groups in total. The van der Waals surface area contributed by atoms with Crippen LogP contribution < -0.4 is 10.6 Å². The molecule has 1 saturated carbocycles. The maximum absolute atomic E-state index is 5.82. The van der Waals surface area contributed by atoms with E-state index in [1.165, 1.54) is 25.7 Å². The molecule has 1 aliphatic carbocycles. The van der Waals surface area contributed by atoms with E-state index in [4.69, 9.17) is 5.73 Å². The third kappa shape index (κ3) is 2.74. The minimum absolute atomic E-state index is 0.0462. The van der Waals surface area contributed by atoms with Gasteiger partial charge in [0.2, 0.25) is 0 Å². The fourth-order valence-corrected chi connectivity index (χ4v) is 3.23. The summed E-state index contributed by atoms with van der Waals surface area (Å²) in [6.45, 7) is 3.13. The molecule has 0 radical (unpaired) electrons. The highest BCUT2D eigenvalue weighted by atomic mass is 32.1. The van der Waals surface area contributed by atoms with Crippen LogP contribution in [-0.4, -0.2) is 18.6 Å². The fraction of sp³-hybridized carbons (Fsp3) is 0.750. The summed E-state index contributed by atoms with van der Waals surface area (Å²) in [5.74, 6) is 0.868. The molecule has 0 aromatic carbocycles. The van der Waals surface area contributed by atoms with Gasteiger partial charge < -0.3 is 10.6 Å². The van der Waals surface area contributed by atoms with Crippen LogP contribution in [0.4, 0.5) is 5.13 Å². The van der Waals surface area contributed by atoms with Gasteiger partial charge in [-0.25, -0.2) is 4.98 Å². The fourth-order valence-electron chi connectivity index (χ4n) is 2.32. The quantitative estimate of drug-likeness (QED) is 0.878. The smallest absolute Gasteiger partial charge is 0.185 e. The second kappa shape index (κ2) is 5.15. The molecule has 0 bridgehead atoms. The molecule has 1 fully saturated rings. The van der Waals surface area contributed by atoms with Crippen molar-refractivity contribution in [1.82, 2.24) is 4.98 Å². The van der Waals surface area contributed by atoms with Gasteiger partial charge in [0.15, 0.2) is 5.13 Å². The molecule has 1 heterocycles. The van der Waals surface area contributed by atoms with Gasteiger partial charge in [0, 0.05) is 25.0 Å². The molecule has 2 rings (SSSR count). The second-order valence-electron chi connectivity index (χ2n) is 4.87. The van der Waals surface area contributed by atoms with E-state index in [2.05, 4.69) is 22.3 Å². The van der Waals surface area contributed by atoms with E-state index in [0.29, 0.717) is 0 Å². The predicted molar refractivity (Wildman–Crippen MR) is 69.9 cm³/mol. The highest BCUT2D eigenvalue weighted by Crippen LogP contribution is 2.28. The Kier molecular flexibility index (Phi) is 3.82. The van der Waals surface area contributed by atoms with Gasteiger partial charge in [-0.05, 0) is 25.7 Å². The third-order valence-electron chi connectivity index (χ3n) is 3.31. The summed E-state index contributed by atoms with van der Waals surface area (Å²) in [5.41, 5.74) is 6.83. The lowest BCUT2D eigenvalue weighted by molar-refractivity contribution is 0.546. The third-order valence-corrected chi connectivity index (χ3v) is 4.28. The molecular weight excluding hydrogens is 218 g/mol. The van der Waals surface area contributed by atoms with Crippen LogP contribution in [0.15, 0.2) is 5.38 Å². The van der Waals surface area contributed by atoms with Crippen LogP contribution in [0.2, 0.25) is 0 Å². The van der Waals surface area contributed by atoms with E-state index >= 15 is 0 Å². The van der Waals surface area contributed by atoms with E-state index in [0.717, 1.165) is 23.3 Å². The Morgan fingerprint density at radius 1 is 1.56 bits per heavy atom. The summed E-state index contributed by atoms with van der Waals surface area (Å²) >= 11 is 1.70. The van der Waals surface area contributed by atoms with Crippen molar-refractivity contribution in [1.29, 1.82) is 0 Å². The monoisotopic (exact) mass is 239 g/mol. The van der Waals surface area contributed by atoms with Crippen molar-refractivity contribution in [3.63, 3.8) is 0 Å². The first kappa shape index (κ1) is 11.9. The van der Waals surface area contributed by atoms with E-state index in [9.17, 15) is 0 Å². The number of rotatable bonds is 4. The molecular formula is C12H21N3S. The van der Waals surface area contributed by atoms with Crippen molar-refractivity contribution in [3.05, 3.63) is 11.1 Å². The lowest BCUT2D eigenvalue weighted by Gasteiger charge is -2.20. The molecule has 1 aromatic rings. The van der Waals surface area contributed by atoms with Gasteiger partial charge in [-0.1, -0.05) is 12.8 Å². The first-order valence-electron chi connectivity index (χ1n) is 6.09. The SMILES string of the molecule is CC(N)c1csc(N(C)CC2CCCC2)n1. The van der Waals surface area contributed by atoms with Crippen LogP contribution in [0.3, 0.4) is 0 Å². The number of nitrogens with zero attached hydrogens (tertiary/aromatic N) is 2. The number of hydrogen-bond acceptors (Lipinski definition) is 4. The van der Waals surface area contributed by atoms with Gasteiger partial charge >= 0.3 is 0 Å². The minimum atomic E-state index is 0.0462. The first-order chi connectivity index (χ1) is 7.66. The molecule has 0 saturated heterocycles. The summed E-state index contributed by atoms with van der Waals surface area (Å²) in [6, 6.07) is 0.0462. The molecule has 4 heteroatoms. The first-order valence-corrected chi connectivity index (χ1v) is 6.97. The maximum Gasteiger partial charge on any atom is 0.185 e. The normalized spacial score (nSPS) is 18.9. The Morgan fingerprint density at radius 3 is 2.81 bits per heavy atom. The van der Waals surface area contributed by atoms with Gasteiger partial charge in [0.25, 0.3) is 0 Å². The zero-order valence-corrected chi connectivity index (χ0v) is 11.0. The summed E-state index contributed by atoms with van der Waals surface area (Å²) in [5, 5.41) is 3.18. The predicted octanol–water partition coefficient (Wildman–Crippen LogP) is 2.79. The Labute approximate surface area is 102 Å². The summed E-state index contributed by atoms with van der Waals surface area (Å²) < 4.78 is 0. The average molecular weight is 239 g/mol. The number of thiazole rings is 1. The molecule has 0 aliphatic heterocycles. The van der Waals surface area contributed by atoms with Crippen LogP contribution >= 0.6 is 11.3 Å². The van der Waals surface area contributed by atoms with Crippen molar-refractivity contribution >= 4 is 16.5 Å². The van der Waals surface area contributed by atoms with E-state index in [-0.39, 0.29) is 6.04 Å². The zero-order chi connectivity index (χ0) is 11.5. The standard InChI is InChI=1S/C12H21N3S/c1-9(13)11-8-16-12(14-11)15(2)7-10-5-3-4-6-10/h8-10H,3-7,13H2,1-2H3. The lowest BCUT2D eigenvalue weighted by atomic mass is 10.1. The van der Waals surface area contributed by atoms with Crippen molar-refractivity contribution in [3.8, 4) is 0 Å². The van der Waals surface area contributed by atoms with Crippen molar-refractivity contribution in [2.45, 2.75) is 38.6 Å². The number of anilines is 1. The van der Waals surface area contributed by atoms with E-state index in [1.54, 1.807) is 11.3 Å². The Hall–Kier alpha value is -0.610. The maximum atomic E-state index is 5.82. The van der Waals surface area contributed by atoms with Crippen molar-refractivity contribution in [2.75, 3.05) is 18.5 Å². The molecule has 16 heavy (non-hydrogen) atoms. The minimum Gasteiger partial charge on any atom is -0.351 e. The average Bonchev–Trinajstić information content (AvgIpc) is 2.86. The summed E-state index contributed by atoms with van der Waals surface area (Å²) in [7, 11) is 2.14. The Balaban J connectivity index is 1.94. The van der Waals surface area contributed by atoms with Gasteiger partial charge in [-0.15, -0.1) is 11.3 Å². The van der Waals surface area contributed by atoms with E-state index in [1.807, 2.05) is 6.92 Å². The highest BCUT2D eigenvalue weighted by Gasteiger charge is 2.18. The van der Waals surface area contributed by atoms with Gasteiger partial charge in [-0.3, -0.25) is 0 Å². The van der Waals surface area contributed by atoms with Crippen LogP contribution in [0.25, 0.3) is 0 Å². The van der Waals surface area contributed by atoms with Crippen LogP contribution in [0, 0.1) is 5.92 Å². The summed E-state index contributed by atoms with van der Waals surface area (Å²) in [4.78, 5) is 6.86. The zero-order valence-electron chi connectivity index (χ0n) is 10.1. The molecule has 0 spiro atoms. The molecule has 90 valence electrons. The largest absolute Gasteiger partial charge is 0.351 e. The number of hydrogen-bond donors (Lipinski definition) is 1. The molecule has 1 aromatic heterocycles.